The molecule has 1 aromatic rings. The van der Waals surface area contributed by atoms with Crippen LogP contribution in [0.4, 0.5) is 10.5 Å². The molecule has 0 radical (unpaired) electrons. The van der Waals surface area contributed by atoms with Gasteiger partial charge in [0.05, 0.1) is 0 Å². The molecule has 0 bridgehead atoms. The van der Waals surface area contributed by atoms with E-state index in [1.54, 1.807) is 7.05 Å². The summed E-state index contributed by atoms with van der Waals surface area (Å²) in [6, 6.07) is 7.61. The molecule has 0 fully saturated rings. The topological polar surface area (TPSA) is 70.7 Å². The van der Waals surface area contributed by atoms with Gasteiger partial charge in [-0.1, -0.05) is 12.1 Å². The van der Waals surface area contributed by atoms with Crippen LogP contribution >= 0.6 is 0 Å². The second kappa shape index (κ2) is 8.04. The Morgan fingerprint density at radius 2 is 1.90 bits per heavy atom. The molecule has 1 aromatic carbocycles. The molecule has 2 N–H and O–H groups in total. The van der Waals surface area contributed by atoms with Crippen molar-refractivity contribution in [3.05, 3.63) is 29.8 Å². The normalized spacial score (nSPS) is 9.75. The summed E-state index contributed by atoms with van der Waals surface area (Å²) in [5.74, 6) is -0.0372. The first kappa shape index (κ1) is 15.8. The summed E-state index contributed by atoms with van der Waals surface area (Å²) in [5.41, 5.74) is 1.92. The second-order valence-corrected chi connectivity index (χ2v) is 4.39. The first-order valence-corrected chi connectivity index (χ1v) is 6.42. The quantitative estimate of drug-likeness (QED) is 0.826. The van der Waals surface area contributed by atoms with Crippen molar-refractivity contribution in [1.82, 2.24) is 10.2 Å². The van der Waals surface area contributed by atoms with E-state index in [4.69, 9.17) is 4.74 Å². The summed E-state index contributed by atoms with van der Waals surface area (Å²) in [4.78, 5) is 23.9. The summed E-state index contributed by atoms with van der Waals surface area (Å²) >= 11 is 0. The average Bonchev–Trinajstić information content (AvgIpc) is 2.45. The number of benzene rings is 1. The molecule has 2 amide bonds. The standard InChI is InChI=1S/C14H21N3O3/c1-11(18)17(3)9-8-16-14(19)20-10-12-4-6-13(15-2)7-5-12/h4-7,15H,8-10H2,1-3H3,(H,16,19). The lowest BCUT2D eigenvalue weighted by molar-refractivity contribution is -0.127. The fourth-order valence-corrected chi connectivity index (χ4v) is 1.45. The van der Waals surface area contributed by atoms with E-state index < -0.39 is 6.09 Å². The highest BCUT2D eigenvalue weighted by atomic mass is 16.5. The molecule has 0 aliphatic heterocycles. The van der Waals surface area contributed by atoms with Gasteiger partial charge in [0.1, 0.15) is 6.61 Å². The van der Waals surface area contributed by atoms with Crippen LogP contribution in [0.3, 0.4) is 0 Å². The van der Waals surface area contributed by atoms with Crippen LogP contribution in [0, 0.1) is 0 Å². The maximum Gasteiger partial charge on any atom is 0.407 e. The summed E-state index contributed by atoms with van der Waals surface area (Å²) in [5, 5.41) is 5.61. The summed E-state index contributed by atoms with van der Waals surface area (Å²) < 4.78 is 5.07. The number of nitrogens with one attached hydrogen (secondary N) is 2. The van der Waals surface area contributed by atoms with Crippen molar-refractivity contribution in [3.8, 4) is 0 Å². The minimum absolute atomic E-state index is 0.0372. The van der Waals surface area contributed by atoms with Gasteiger partial charge in [0, 0.05) is 39.8 Å². The third-order valence-corrected chi connectivity index (χ3v) is 2.87. The van der Waals surface area contributed by atoms with E-state index in [-0.39, 0.29) is 12.5 Å². The number of amides is 2. The van der Waals surface area contributed by atoms with Gasteiger partial charge in [-0.15, -0.1) is 0 Å². The first-order valence-electron chi connectivity index (χ1n) is 6.42. The first-order chi connectivity index (χ1) is 9.52. The van der Waals surface area contributed by atoms with E-state index in [1.165, 1.54) is 11.8 Å². The molecule has 6 heteroatoms. The molecule has 1 rings (SSSR count). The minimum atomic E-state index is -0.486. The largest absolute Gasteiger partial charge is 0.445 e. The Bertz CT molecular complexity index is 445. The number of likely N-dealkylation sites (N-methyl/N-ethyl adjacent to an activating group) is 1. The van der Waals surface area contributed by atoms with Gasteiger partial charge in [-0.25, -0.2) is 4.79 Å². The highest BCUT2D eigenvalue weighted by molar-refractivity contribution is 5.73. The van der Waals surface area contributed by atoms with Crippen LogP contribution in [0.25, 0.3) is 0 Å². The Morgan fingerprint density at radius 1 is 1.25 bits per heavy atom. The number of carbonyl (C=O) groups is 2. The smallest absolute Gasteiger partial charge is 0.407 e. The highest BCUT2D eigenvalue weighted by Crippen LogP contribution is 2.09. The highest BCUT2D eigenvalue weighted by Gasteiger charge is 2.05. The van der Waals surface area contributed by atoms with E-state index in [9.17, 15) is 9.59 Å². The number of hydrogen-bond donors (Lipinski definition) is 2. The Kier molecular flexibility index (Phi) is 6.36. The molecule has 0 atom stereocenters. The van der Waals surface area contributed by atoms with Gasteiger partial charge >= 0.3 is 6.09 Å². The van der Waals surface area contributed by atoms with Crippen molar-refractivity contribution in [2.45, 2.75) is 13.5 Å². The van der Waals surface area contributed by atoms with Crippen LogP contribution < -0.4 is 10.6 Å². The summed E-state index contributed by atoms with van der Waals surface area (Å²) in [6.07, 6.45) is -0.486. The van der Waals surface area contributed by atoms with Crippen LogP contribution in [0.15, 0.2) is 24.3 Å². The Labute approximate surface area is 119 Å². The molecule has 0 spiro atoms. The lowest BCUT2D eigenvalue weighted by Crippen LogP contribution is -2.35. The van der Waals surface area contributed by atoms with Gasteiger partial charge in [-0.2, -0.15) is 0 Å². The molecule has 0 aliphatic rings. The average molecular weight is 279 g/mol. The zero-order valence-electron chi connectivity index (χ0n) is 12.1. The fourth-order valence-electron chi connectivity index (χ4n) is 1.45. The zero-order valence-corrected chi connectivity index (χ0v) is 12.1. The van der Waals surface area contributed by atoms with Gasteiger partial charge in [0.15, 0.2) is 0 Å². The molecule has 0 saturated carbocycles. The molecule has 110 valence electrons. The van der Waals surface area contributed by atoms with E-state index >= 15 is 0 Å². The summed E-state index contributed by atoms with van der Waals surface area (Å²) in [7, 11) is 3.52. The van der Waals surface area contributed by atoms with Gasteiger partial charge in [-0.3, -0.25) is 4.79 Å². The molecule has 0 unspecified atom stereocenters. The van der Waals surface area contributed by atoms with Crippen LogP contribution in [-0.4, -0.2) is 44.1 Å². The maximum atomic E-state index is 11.4. The number of rotatable bonds is 6. The third-order valence-electron chi connectivity index (χ3n) is 2.87. The monoisotopic (exact) mass is 279 g/mol. The Morgan fingerprint density at radius 3 is 2.45 bits per heavy atom. The van der Waals surface area contributed by atoms with E-state index in [0.29, 0.717) is 13.1 Å². The Hall–Kier alpha value is -2.24. The molecular weight excluding hydrogens is 258 g/mol. The number of anilines is 1. The van der Waals surface area contributed by atoms with Crippen LogP contribution in [0.2, 0.25) is 0 Å². The lowest BCUT2D eigenvalue weighted by atomic mass is 10.2. The SMILES string of the molecule is CNc1ccc(COC(=O)NCCN(C)C(C)=O)cc1. The third kappa shape index (κ3) is 5.60. The minimum Gasteiger partial charge on any atom is -0.445 e. The number of nitrogens with zero attached hydrogens (tertiary/aromatic N) is 1. The molecule has 0 aliphatic carbocycles. The molecule has 0 aromatic heterocycles. The number of hydrogen-bond acceptors (Lipinski definition) is 4. The molecule has 0 saturated heterocycles. The van der Waals surface area contributed by atoms with Crippen molar-refractivity contribution in [1.29, 1.82) is 0 Å². The predicted octanol–water partition coefficient (Wildman–Crippen LogP) is 1.43. The van der Waals surface area contributed by atoms with Crippen molar-refractivity contribution >= 4 is 17.7 Å². The molecule has 6 nitrogen and oxygen atoms in total. The van der Waals surface area contributed by atoms with Crippen LogP contribution in [0.5, 0.6) is 0 Å². The van der Waals surface area contributed by atoms with Crippen molar-refractivity contribution in [2.75, 3.05) is 32.5 Å². The van der Waals surface area contributed by atoms with Crippen molar-refractivity contribution < 1.29 is 14.3 Å². The fraction of sp³-hybridized carbons (Fsp3) is 0.429. The molecule has 0 heterocycles. The number of ether oxygens (including phenoxy) is 1. The van der Waals surface area contributed by atoms with Crippen molar-refractivity contribution in [2.24, 2.45) is 0 Å². The van der Waals surface area contributed by atoms with E-state index in [0.717, 1.165) is 11.3 Å². The molecular formula is C14H21N3O3. The predicted molar refractivity (Wildman–Crippen MR) is 77.5 cm³/mol. The molecule has 20 heavy (non-hydrogen) atoms. The van der Waals surface area contributed by atoms with Crippen LogP contribution in [-0.2, 0) is 16.1 Å². The van der Waals surface area contributed by atoms with Crippen molar-refractivity contribution in [3.63, 3.8) is 0 Å². The maximum absolute atomic E-state index is 11.4. The second-order valence-electron chi connectivity index (χ2n) is 4.39. The summed E-state index contributed by atoms with van der Waals surface area (Å²) in [6.45, 7) is 2.53. The van der Waals surface area contributed by atoms with E-state index in [2.05, 4.69) is 10.6 Å². The van der Waals surface area contributed by atoms with Gasteiger partial charge in [0.25, 0.3) is 0 Å². The van der Waals surface area contributed by atoms with Gasteiger partial charge in [0.2, 0.25) is 5.91 Å². The Balaban J connectivity index is 2.23. The lowest BCUT2D eigenvalue weighted by Gasteiger charge is -2.14. The van der Waals surface area contributed by atoms with Gasteiger partial charge in [-0.05, 0) is 17.7 Å². The number of alkyl carbamates (subject to hydrolysis) is 1. The van der Waals surface area contributed by atoms with E-state index in [1.807, 2.05) is 31.3 Å². The zero-order chi connectivity index (χ0) is 15.0. The van der Waals surface area contributed by atoms with Gasteiger partial charge < -0.3 is 20.3 Å². The number of carbonyl (C=O) groups excluding carboxylic acids is 2. The van der Waals surface area contributed by atoms with Crippen LogP contribution in [0.1, 0.15) is 12.5 Å².